The molecule has 3 amide bonds. The van der Waals surface area contributed by atoms with Crippen molar-refractivity contribution in [3.05, 3.63) is 24.5 Å². The molecule has 34 heavy (non-hydrogen) atoms. The van der Waals surface area contributed by atoms with Crippen molar-refractivity contribution in [2.45, 2.75) is 25.3 Å². The molecular formula is C22H29N5O7. The van der Waals surface area contributed by atoms with Gasteiger partial charge in [0.2, 0.25) is 17.7 Å². The Morgan fingerprint density at radius 3 is 2.26 bits per heavy atom. The molecule has 2 saturated heterocycles. The first-order valence-corrected chi connectivity index (χ1v) is 11.1. The number of amides is 3. The summed E-state index contributed by atoms with van der Waals surface area (Å²) >= 11 is 0. The van der Waals surface area contributed by atoms with Crippen molar-refractivity contribution >= 4 is 35.3 Å². The number of carboxylic acid groups (broad SMARTS) is 1. The van der Waals surface area contributed by atoms with E-state index in [-0.39, 0.29) is 38.3 Å². The van der Waals surface area contributed by atoms with E-state index in [0.29, 0.717) is 26.2 Å². The molecule has 0 spiro atoms. The molecule has 1 N–H and O–H groups in total. The standard InChI is InChI=1S/C22H29N5O7/c1-34-21(32)14-17-22(33)26(15-20(30)31)12-13-27(17)19(29)3-2-18(28)25-10-8-24(9-11-25)16-4-6-23-7-5-16/h4-7,17H,2-3,8-15H2,1H3,(H,30,31)/t17-/m0/s1. The van der Waals surface area contributed by atoms with Gasteiger partial charge >= 0.3 is 11.9 Å². The van der Waals surface area contributed by atoms with Crippen molar-refractivity contribution in [3.63, 3.8) is 0 Å². The summed E-state index contributed by atoms with van der Waals surface area (Å²) in [5, 5.41) is 9.01. The van der Waals surface area contributed by atoms with E-state index in [2.05, 4.69) is 14.6 Å². The van der Waals surface area contributed by atoms with Crippen LogP contribution >= 0.6 is 0 Å². The molecule has 2 aliphatic heterocycles. The summed E-state index contributed by atoms with van der Waals surface area (Å²) in [6.07, 6.45) is 2.95. The number of carbonyl (C=O) groups is 5. The van der Waals surface area contributed by atoms with Crippen LogP contribution in [0.15, 0.2) is 24.5 Å². The fourth-order valence-corrected chi connectivity index (χ4v) is 4.18. The van der Waals surface area contributed by atoms with Crippen LogP contribution in [0.25, 0.3) is 0 Å². The lowest BCUT2D eigenvalue weighted by molar-refractivity contribution is -0.159. The third-order valence-corrected chi connectivity index (χ3v) is 6.03. The van der Waals surface area contributed by atoms with Crippen molar-refractivity contribution in [1.29, 1.82) is 0 Å². The average Bonchev–Trinajstić information content (AvgIpc) is 2.85. The number of carboxylic acids is 1. The molecule has 0 aromatic carbocycles. The number of piperazine rings is 2. The Kier molecular flexibility index (Phi) is 8.39. The number of methoxy groups -OCH3 is 1. The average molecular weight is 476 g/mol. The molecule has 12 heteroatoms. The molecule has 3 heterocycles. The summed E-state index contributed by atoms with van der Waals surface area (Å²) in [6, 6.07) is 2.68. The number of nitrogens with zero attached hydrogens (tertiary/aromatic N) is 5. The van der Waals surface area contributed by atoms with Crippen molar-refractivity contribution in [2.75, 3.05) is 57.8 Å². The number of rotatable bonds is 8. The van der Waals surface area contributed by atoms with Crippen LogP contribution < -0.4 is 4.90 Å². The van der Waals surface area contributed by atoms with Crippen molar-refractivity contribution in [3.8, 4) is 0 Å². The number of aromatic nitrogens is 1. The minimum atomic E-state index is -1.18. The van der Waals surface area contributed by atoms with E-state index in [1.54, 1.807) is 17.3 Å². The van der Waals surface area contributed by atoms with Gasteiger partial charge in [0, 0.05) is 70.2 Å². The summed E-state index contributed by atoms with van der Waals surface area (Å²) in [4.78, 5) is 71.4. The van der Waals surface area contributed by atoms with E-state index in [1.807, 2.05) is 12.1 Å². The second-order valence-corrected chi connectivity index (χ2v) is 8.11. The number of hydrogen-bond acceptors (Lipinski definition) is 8. The maximum Gasteiger partial charge on any atom is 0.323 e. The van der Waals surface area contributed by atoms with Gasteiger partial charge < -0.3 is 29.4 Å². The van der Waals surface area contributed by atoms with Gasteiger partial charge in [-0.25, -0.2) is 0 Å². The van der Waals surface area contributed by atoms with Crippen LogP contribution in [0.5, 0.6) is 0 Å². The molecule has 184 valence electrons. The summed E-state index contributed by atoms with van der Waals surface area (Å²) in [7, 11) is 1.17. The molecule has 1 aromatic rings. The molecule has 0 radical (unpaired) electrons. The number of carbonyl (C=O) groups excluding carboxylic acids is 4. The molecule has 2 aliphatic rings. The van der Waals surface area contributed by atoms with E-state index >= 15 is 0 Å². The van der Waals surface area contributed by atoms with Crippen LogP contribution in [0.4, 0.5) is 5.69 Å². The van der Waals surface area contributed by atoms with Crippen molar-refractivity contribution in [2.24, 2.45) is 0 Å². The highest BCUT2D eigenvalue weighted by Crippen LogP contribution is 2.19. The lowest BCUT2D eigenvalue weighted by Gasteiger charge is -2.40. The van der Waals surface area contributed by atoms with E-state index in [1.165, 1.54) is 12.0 Å². The molecule has 1 aromatic heterocycles. The fraction of sp³-hybridized carbons (Fsp3) is 0.545. The Morgan fingerprint density at radius 2 is 1.65 bits per heavy atom. The van der Waals surface area contributed by atoms with Crippen molar-refractivity contribution < 1.29 is 33.8 Å². The molecule has 2 fully saturated rings. The molecule has 1 atom stereocenters. The number of ether oxygens (including phenoxy) is 1. The van der Waals surface area contributed by atoms with Gasteiger partial charge in [0.05, 0.1) is 13.5 Å². The topological polar surface area (TPSA) is 141 Å². The van der Waals surface area contributed by atoms with Gasteiger partial charge in [0.15, 0.2) is 0 Å². The van der Waals surface area contributed by atoms with Gasteiger partial charge in [-0.05, 0) is 12.1 Å². The van der Waals surface area contributed by atoms with Gasteiger partial charge in [-0.1, -0.05) is 0 Å². The third-order valence-electron chi connectivity index (χ3n) is 6.03. The largest absolute Gasteiger partial charge is 0.480 e. The molecule has 0 bridgehead atoms. The Hall–Kier alpha value is -3.70. The molecule has 12 nitrogen and oxygen atoms in total. The van der Waals surface area contributed by atoms with Crippen LogP contribution in [0.3, 0.4) is 0 Å². The van der Waals surface area contributed by atoms with Gasteiger partial charge in [-0.2, -0.15) is 0 Å². The first-order chi connectivity index (χ1) is 16.3. The van der Waals surface area contributed by atoms with E-state index in [0.717, 1.165) is 10.6 Å². The van der Waals surface area contributed by atoms with Crippen LogP contribution in [0, 0.1) is 0 Å². The molecule has 0 unspecified atom stereocenters. The monoisotopic (exact) mass is 475 g/mol. The zero-order valence-electron chi connectivity index (χ0n) is 19.1. The lowest BCUT2D eigenvalue weighted by atomic mass is 10.1. The first kappa shape index (κ1) is 24.9. The predicted molar refractivity (Wildman–Crippen MR) is 119 cm³/mol. The van der Waals surface area contributed by atoms with Crippen LogP contribution in [0.2, 0.25) is 0 Å². The third kappa shape index (κ3) is 6.21. The van der Waals surface area contributed by atoms with Crippen LogP contribution in [-0.2, 0) is 28.7 Å². The fourth-order valence-electron chi connectivity index (χ4n) is 4.18. The quantitative estimate of drug-likeness (QED) is 0.478. The Morgan fingerprint density at radius 1 is 1.00 bits per heavy atom. The smallest absolute Gasteiger partial charge is 0.323 e. The van der Waals surface area contributed by atoms with E-state index in [9.17, 15) is 24.0 Å². The summed E-state index contributed by atoms with van der Waals surface area (Å²) in [5.41, 5.74) is 1.04. The highest BCUT2D eigenvalue weighted by molar-refractivity contribution is 5.94. The van der Waals surface area contributed by atoms with Gasteiger partial charge in [-0.3, -0.25) is 29.0 Å². The van der Waals surface area contributed by atoms with E-state index < -0.39 is 36.3 Å². The number of hydrogen-bond donors (Lipinski definition) is 1. The molecule has 0 aliphatic carbocycles. The minimum Gasteiger partial charge on any atom is -0.480 e. The SMILES string of the molecule is COC(=O)C[C@H]1C(=O)N(CC(=O)O)CCN1C(=O)CCC(=O)N1CCN(c2ccncc2)CC1. The number of anilines is 1. The molecule has 3 rings (SSSR count). The first-order valence-electron chi connectivity index (χ1n) is 11.1. The second-order valence-electron chi connectivity index (χ2n) is 8.11. The predicted octanol–water partition coefficient (Wildman–Crippen LogP) is -0.802. The highest BCUT2D eigenvalue weighted by Gasteiger charge is 2.39. The zero-order valence-corrected chi connectivity index (χ0v) is 19.1. The van der Waals surface area contributed by atoms with Crippen molar-refractivity contribution in [1.82, 2.24) is 19.7 Å². The normalized spacial score (nSPS) is 18.6. The summed E-state index contributed by atoms with van der Waals surface area (Å²) < 4.78 is 4.63. The molecule has 0 saturated carbocycles. The van der Waals surface area contributed by atoms with Gasteiger partial charge in [-0.15, -0.1) is 0 Å². The maximum atomic E-state index is 12.9. The Bertz CT molecular complexity index is 917. The summed E-state index contributed by atoms with van der Waals surface area (Å²) in [6.45, 7) is 2.02. The summed E-state index contributed by atoms with van der Waals surface area (Å²) in [5.74, 6) is -3.06. The minimum absolute atomic E-state index is 0.0113. The highest BCUT2D eigenvalue weighted by atomic mass is 16.5. The van der Waals surface area contributed by atoms with Crippen LogP contribution in [-0.4, -0.2) is 113 Å². The Labute approximate surface area is 197 Å². The number of esters is 1. The van der Waals surface area contributed by atoms with Gasteiger partial charge in [0.25, 0.3) is 0 Å². The lowest BCUT2D eigenvalue weighted by Crippen LogP contribution is -2.60. The molecular weight excluding hydrogens is 446 g/mol. The maximum absolute atomic E-state index is 12.9. The Balaban J connectivity index is 1.54. The van der Waals surface area contributed by atoms with Gasteiger partial charge in [0.1, 0.15) is 12.6 Å². The van der Waals surface area contributed by atoms with Crippen LogP contribution in [0.1, 0.15) is 19.3 Å². The van der Waals surface area contributed by atoms with E-state index in [4.69, 9.17) is 5.11 Å². The number of aliphatic carboxylic acids is 1. The second kappa shape index (κ2) is 11.4. The zero-order chi connectivity index (χ0) is 24.7. The number of pyridine rings is 1.